The van der Waals surface area contributed by atoms with Crippen molar-refractivity contribution in [3.8, 4) is 11.3 Å². The molecule has 2 N–H and O–H groups in total. The van der Waals surface area contributed by atoms with Gasteiger partial charge in [0.25, 0.3) is 0 Å². The maximum absolute atomic E-state index is 10.6. The van der Waals surface area contributed by atoms with Crippen molar-refractivity contribution in [1.29, 1.82) is 0 Å². The van der Waals surface area contributed by atoms with Crippen LogP contribution in [0, 0.1) is 12.3 Å². The molecule has 4 aliphatic rings. The number of H-pyrrole nitrogens is 1. The van der Waals surface area contributed by atoms with Gasteiger partial charge in [-0.2, -0.15) is 0 Å². The molecule has 2 saturated carbocycles. The summed E-state index contributed by atoms with van der Waals surface area (Å²) in [4.78, 5) is 18.1. The summed E-state index contributed by atoms with van der Waals surface area (Å²) >= 11 is 0. The van der Waals surface area contributed by atoms with Crippen LogP contribution in [0.4, 0.5) is 5.95 Å². The van der Waals surface area contributed by atoms with Crippen LogP contribution in [0.15, 0.2) is 42.7 Å². The summed E-state index contributed by atoms with van der Waals surface area (Å²) in [6.07, 6.45) is 14.6. The van der Waals surface area contributed by atoms with Gasteiger partial charge in [0.1, 0.15) is 0 Å². The number of nitrogens with one attached hydrogen (secondary N) is 1. The molecule has 2 aliphatic carbocycles. The van der Waals surface area contributed by atoms with Crippen molar-refractivity contribution in [2.75, 3.05) is 31.1 Å². The van der Waals surface area contributed by atoms with Gasteiger partial charge >= 0.3 is 0 Å². The van der Waals surface area contributed by atoms with Crippen molar-refractivity contribution < 1.29 is 5.11 Å². The van der Waals surface area contributed by atoms with Crippen molar-refractivity contribution in [3.63, 3.8) is 0 Å². The van der Waals surface area contributed by atoms with Crippen LogP contribution in [0.3, 0.4) is 0 Å². The Morgan fingerprint density at radius 2 is 1.80 bits per heavy atom. The molecule has 8 heteroatoms. The van der Waals surface area contributed by atoms with E-state index in [0.717, 1.165) is 63.5 Å². The van der Waals surface area contributed by atoms with Gasteiger partial charge in [0.15, 0.2) is 5.65 Å². The molecule has 0 radical (unpaired) electrons. The first kappa shape index (κ1) is 25.4. The number of rotatable bonds is 5. The van der Waals surface area contributed by atoms with Crippen molar-refractivity contribution in [2.24, 2.45) is 5.41 Å². The van der Waals surface area contributed by atoms with Gasteiger partial charge in [-0.1, -0.05) is 30.7 Å². The van der Waals surface area contributed by atoms with Gasteiger partial charge in [0, 0.05) is 53.6 Å². The Balaban J connectivity index is 0.998. The van der Waals surface area contributed by atoms with Crippen LogP contribution in [0.25, 0.3) is 22.3 Å². The van der Waals surface area contributed by atoms with Crippen molar-refractivity contribution in [3.05, 3.63) is 65.1 Å². The highest BCUT2D eigenvalue weighted by atomic mass is 16.3. The van der Waals surface area contributed by atoms with E-state index in [9.17, 15) is 5.11 Å². The molecule has 8 rings (SSSR count). The topological polar surface area (TPSA) is 94.1 Å². The molecule has 5 heterocycles. The monoisotopic (exact) mass is 549 g/mol. The van der Waals surface area contributed by atoms with Gasteiger partial charge < -0.3 is 19.9 Å². The number of benzene rings is 1. The number of aliphatic hydroxyl groups is 1. The predicted molar refractivity (Wildman–Crippen MR) is 160 cm³/mol. The Bertz CT molecular complexity index is 1560. The molecule has 1 atom stereocenters. The van der Waals surface area contributed by atoms with Crippen LogP contribution in [0.5, 0.6) is 0 Å². The zero-order chi connectivity index (χ0) is 27.6. The number of likely N-dealkylation sites (tertiary alicyclic amines) is 1. The number of aromatic amines is 1. The summed E-state index contributed by atoms with van der Waals surface area (Å²) < 4.78 is 0. The normalized spacial score (nSPS) is 23.0. The lowest BCUT2D eigenvalue weighted by molar-refractivity contribution is -0.0611. The van der Waals surface area contributed by atoms with Gasteiger partial charge in [-0.3, -0.25) is 0 Å². The average Bonchev–Trinajstić information content (AvgIpc) is 3.34. The summed E-state index contributed by atoms with van der Waals surface area (Å²) in [7, 11) is 0. The fourth-order valence-corrected chi connectivity index (χ4v) is 8.18. The Morgan fingerprint density at radius 3 is 2.51 bits per heavy atom. The minimum Gasteiger partial charge on any atom is -0.394 e. The van der Waals surface area contributed by atoms with E-state index in [4.69, 9.17) is 9.97 Å². The van der Waals surface area contributed by atoms with Crippen molar-refractivity contribution >= 4 is 17.0 Å². The Labute approximate surface area is 241 Å². The SMILES string of the molecule is Cc1ccccc1-c1cc2c3c([nH]c2nn1)CCN(c1ncc(C2CCN(C4CC5(CCC5)C4)CC2)cn1)[C@H]3CO. The fourth-order valence-electron chi connectivity index (χ4n) is 8.18. The third-order valence-electron chi connectivity index (χ3n) is 10.8. The number of hydrogen-bond acceptors (Lipinski definition) is 7. The van der Waals surface area contributed by atoms with Crippen LogP contribution in [0.2, 0.25) is 0 Å². The quantitative estimate of drug-likeness (QED) is 0.347. The lowest BCUT2D eigenvalue weighted by Gasteiger charge is -2.58. The highest BCUT2D eigenvalue weighted by Crippen LogP contribution is 2.57. The van der Waals surface area contributed by atoms with Crippen LogP contribution in [-0.2, 0) is 6.42 Å². The fraction of sp³-hybridized carbons (Fsp3) is 0.515. The van der Waals surface area contributed by atoms with Crippen LogP contribution in [-0.4, -0.2) is 67.4 Å². The zero-order valence-corrected chi connectivity index (χ0v) is 23.9. The third-order valence-corrected chi connectivity index (χ3v) is 10.8. The number of aliphatic hydroxyl groups excluding tert-OH is 1. The Morgan fingerprint density at radius 1 is 1.02 bits per heavy atom. The summed E-state index contributed by atoms with van der Waals surface area (Å²) in [5.74, 6) is 1.22. The highest BCUT2D eigenvalue weighted by Gasteiger charge is 2.50. The van der Waals surface area contributed by atoms with Gasteiger partial charge in [-0.05, 0) is 87.1 Å². The molecule has 2 aliphatic heterocycles. The summed E-state index contributed by atoms with van der Waals surface area (Å²) in [5.41, 5.74) is 8.04. The minimum atomic E-state index is -0.239. The number of aryl methyl sites for hydroxylation is 1. The lowest BCUT2D eigenvalue weighted by Crippen LogP contribution is -2.55. The maximum atomic E-state index is 10.6. The molecule has 41 heavy (non-hydrogen) atoms. The molecule has 3 aromatic heterocycles. The number of piperidine rings is 1. The second kappa shape index (κ2) is 9.88. The van der Waals surface area contributed by atoms with Gasteiger partial charge in [-0.25, -0.2) is 9.97 Å². The number of aromatic nitrogens is 5. The predicted octanol–water partition coefficient (Wildman–Crippen LogP) is 5.33. The number of hydrogen-bond donors (Lipinski definition) is 2. The number of nitrogens with zero attached hydrogens (tertiary/aromatic N) is 6. The van der Waals surface area contributed by atoms with Gasteiger partial charge in [0.05, 0.1) is 18.3 Å². The molecule has 0 amide bonds. The van der Waals surface area contributed by atoms with E-state index < -0.39 is 0 Å². The summed E-state index contributed by atoms with van der Waals surface area (Å²) in [6.45, 7) is 5.21. The molecule has 1 saturated heterocycles. The first-order valence-corrected chi connectivity index (χ1v) is 15.5. The van der Waals surface area contributed by atoms with Crippen LogP contribution >= 0.6 is 0 Å². The van der Waals surface area contributed by atoms with E-state index in [2.05, 4.69) is 50.1 Å². The van der Waals surface area contributed by atoms with E-state index in [-0.39, 0.29) is 12.6 Å². The lowest BCUT2D eigenvalue weighted by atomic mass is 9.53. The highest BCUT2D eigenvalue weighted by molar-refractivity contribution is 5.86. The van der Waals surface area contributed by atoms with Crippen LogP contribution in [0.1, 0.15) is 79.3 Å². The second-order valence-electron chi connectivity index (χ2n) is 13.0. The van der Waals surface area contributed by atoms with E-state index in [1.165, 1.54) is 63.6 Å². The molecular weight excluding hydrogens is 510 g/mol. The summed E-state index contributed by atoms with van der Waals surface area (Å²) in [5, 5.41) is 20.7. The Hall–Kier alpha value is -3.36. The standard InChI is InChI=1S/C33H39N7O/c1-21-5-2-3-6-25(21)28-15-26-30-27(36-31(26)38-37-28)9-14-40(29(30)20-41)32-34-18-23(19-35-32)22-7-12-39(13-8-22)24-16-33(17-24)10-4-11-33/h2-3,5-6,15,18-19,22,24,29,41H,4,7-14,16-17,20H2,1H3,(H,36,38)/t29-/m0/s1. The molecule has 8 nitrogen and oxygen atoms in total. The average molecular weight is 550 g/mol. The largest absolute Gasteiger partial charge is 0.394 e. The first-order valence-electron chi connectivity index (χ1n) is 15.5. The molecule has 3 fully saturated rings. The van der Waals surface area contributed by atoms with E-state index in [0.29, 0.717) is 11.9 Å². The summed E-state index contributed by atoms with van der Waals surface area (Å²) in [6, 6.07) is 10.9. The second-order valence-corrected chi connectivity index (χ2v) is 13.0. The van der Waals surface area contributed by atoms with E-state index in [1.54, 1.807) is 0 Å². The van der Waals surface area contributed by atoms with Gasteiger partial charge in [-0.15, -0.1) is 10.2 Å². The zero-order valence-electron chi connectivity index (χ0n) is 23.9. The smallest absolute Gasteiger partial charge is 0.225 e. The minimum absolute atomic E-state index is 0.0198. The first-order chi connectivity index (χ1) is 20.1. The molecule has 0 unspecified atom stereocenters. The maximum Gasteiger partial charge on any atom is 0.225 e. The third kappa shape index (κ3) is 4.26. The molecule has 1 aromatic carbocycles. The molecular formula is C33H39N7O. The van der Waals surface area contributed by atoms with E-state index >= 15 is 0 Å². The van der Waals surface area contributed by atoms with E-state index in [1.807, 2.05) is 24.5 Å². The molecule has 0 bridgehead atoms. The molecule has 4 aromatic rings. The molecule has 212 valence electrons. The van der Waals surface area contributed by atoms with Crippen molar-refractivity contribution in [2.45, 2.75) is 76.3 Å². The van der Waals surface area contributed by atoms with Crippen molar-refractivity contribution in [1.82, 2.24) is 30.0 Å². The van der Waals surface area contributed by atoms with Crippen LogP contribution < -0.4 is 4.90 Å². The number of fused-ring (bicyclic) bond motifs is 3. The number of anilines is 1. The Kier molecular flexibility index (Phi) is 6.11. The molecule has 1 spiro atoms. The van der Waals surface area contributed by atoms with Gasteiger partial charge in [0.2, 0.25) is 5.95 Å².